The molecule has 1 unspecified atom stereocenters. The van der Waals surface area contributed by atoms with Crippen molar-refractivity contribution in [2.45, 2.75) is 6.29 Å². The summed E-state index contributed by atoms with van der Waals surface area (Å²) < 4.78 is 3.72. The van der Waals surface area contributed by atoms with E-state index < -0.39 is 12.4 Å². The van der Waals surface area contributed by atoms with E-state index in [0.29, 0.717) is 6.26 Å². The van der Waals surface area contributed by atoms with Crippen molar-refractivity contribution >= 4 is 6.16 Å². The molecule has 5 nitrogen and oxygen atoms in total. The van der Waals surface area contributed by atoms with E-state index in [1.165, 1.54) is 0 Å². The second-order valence-corrected chi connectivity index (χ2v) is 1.12. The number of aliphatic hydroxyl groups is 2. The quantitative estimate of drug-likeness (QED) is 0.282. The first kappa shape index (κ1) is 7.77. The molecule has 0 rings (SSSR count). The monoisotopic (exact) mass is 134 g/mol. The summed E-state index contributed by atoms with van der Waals surface area (Å²) in [5, 5.41) is 24.1. The van der Waals surface area contributed by atoms with Crippen molar-refractivity contribution in [2.75, 3.05) is 0 Å². The first-order valence-electron chi connectivity index (χ1n) is 2.05. The van der Waals surface area contributed by atoms with Gasteiger partial charge in [-0.2, -0.15) is 0 Å². The number of aliphatic hydroxyl groups excluding tert-OH is 2. The zero-order chi connectivity index (χ0) is 7.28. The normalized spacial score (nSPS) is 13.4. The second-order valence-electron chi connectivity index (χ2n) is 1.12. The standard InChI is InChI=1S/C4H6O5/c5-2-1-3(6)9-4(7)8/h1-3,5-6H,(H,7,8). The van der Waals surface area contributed by atoms with Crippen LogP contribution in [0.3, 0.4) is 0 Å². The highest BCUT2D eigenvalue weighted by molar-refractivity contribution is 5.57. The summed E-state index contributed by atoms with van der Waals surface area (Å²) in [5.74, 6) is 0. The molecular weight excluding hydrogens is 128 g/mol. The summed E-state index contributed by atoms with van der Waals surface area (Å²) in [6.45, 7) is 0. The topological polar surface area (TPSA) is 87.0 Å². The van der Waals surface area contributed by atoms with Gasteiger partial charge in [0.2, 0.25) is 6.29 Å². The lowest BCUT2D eigenvalue weighted by Crippen LogP contribution is -2.12. The van der Waals surface area contributed by atoms with Gasteiger partial charge in [0.25, 0.3) is 0 Å². The molecule has 0 saturated carbocycles. The predicted molar refractivity (Wildman–Crippen MR) is 26.9 cm³/mol. The van der Waals surface area contributed by atoms with Crippen LogP contribution in [0.1, 0.15) is 0 Å². The molecule has 0 fully saturated rings. The van der Waals surface area contributed by atoms with Crippen LogP contribution in [0.5, 0.6) is 0 Å². The molecule has 0 aromatic rings. The van der Waals surface area contributed by atoms with Crippen LogP contribution in [0.2, 0.25) is 0 Å². The number of carbonyl (C=O) groups is 1. The Labute approximate surface area is 50.8 Å². The third-order valence-electron chi connectivity index (χ3n) is 0.472. The number of hydrogen-bond acceptors (Lipinski definition) is 4. The van der Waals surface area contributed by atoms with E-state index in [0.717, 1.165) is 6.08 Å². The fourth-order valence-electron chi connectivity index (χ4n) is 0.216. The molecule has 5 heteroatoms. The molecule has 0 bridgehead atoms. The summed E-state index contributed by atoms with van der Waals surface area (Å²) in [4.78, 5) is 9.59. The van der Waals surface area contributed by atoms with Gasteiger partial charge in [-0.05, 0) is 0 Å². The average Bonchev–Trinajstić information content (AvgIpc) is 1.63. The second kappa shape index (κ2) is 3.73. The summed E-state index contributed by atoms with van der Waals surface area (Å²) in [5.41, 5.74) is 0. The minimum Gasteiger partial charge on any atom is -0.516 e. The lowest BCUT2D eigenvalue weighted by atomic mass is 10.6. The Bertz CT molecular complexity index is 118. The Balaban J connectivity index is 3.50. The minimum atomic E-state index is -1.60. The molecule has 0 aliphatic heterocycles. The van der Waals surface area contributed by atoms with Crippen LogP contribution < -0.4 is 0 Å². The third-order valence-corrected chi connectivity index (χ3v) is 0.472. The highest BCUT2D eigenvalue weighted by Crippen LogP contribution is 1.87. The zero-order valence-corrected chi connectivity index (χ0v) is 4.39. The van der Waals surface area contributed by atoms with Crippen LogP contribution in [0.4, 0.5) is 4.79 Å². The van der Waals surface area contributed by atoms with E-state index in [-0.39, 0.29) is 0 Å². The Morgan fingerprint density at radius 1 is 1.67 bits per heavy atom. The van der Waals surface area contributed by atoms with Crippen molar-refractivity contribution in [3.05, 3.63) is 12.3 Å². The first-order chi connectivity index (χ1) is 4.16. The van der Waals surface area contributed by atoms with Crippen LogP contribution in [0, 0.1) is 0 Å². The van der Waals surface area contributed by atoms with Crippen LogP contribution >= 0.6 is 0 Å². The van der Waals surface area contributed by atoms with Gasteiger partial charge in [0.05, 0.1) is 6.26 Å². The number of hydrogen-bond donors (Lipinski definition) is 3. The van der Waals surface area contributed by atoms with Crippen molar-refractivity contribution in [1.82, 2.24) is 0 Å². The molecule has 1 atom stereocenters. The van der Waals surface area contributed by atoms with Gasteiger partial charge in [0, 0.05) is 6.08 Å². The van der Waals surface area contributed by atoms with Gasteiger partial charge in [-0.15, -0.1) is 0 Å². The summed E-state index contributed by atoms with van der Waals surface area (Å²) in [7, 11) is 0. The average molecular weight is 134 g/mol. The van der Waals surface area contributed by atoms with E-state index in [2.05, 4.69) is 4.74 Å². The largest absolute Gasteiger partial charge is 0.516 e. The minimum absolute atomic E-state index is 0.494. The lowest BCUT2D eigenvalue weighted by molar-refractivity contribution is -0.0391. The summed E-state index contributed by atoms with van der Waals surface area (Å²) in [6, 6.07) is 0. The van der Waals surface area contributed by atoms with Crippen LogP contribution in [-0.2, 0) is 4.74 Å². The fraction of sp³-hybridized carbons (Fsp3) is 0.250. The van der Waals surface area contributed by atoms with Gasteiger partial charge in [-0.25, -0.2) is 4.79 Å². The number of rotatable bonds is 2. The van der Waals surface area contributed by atoms with E-state index in [4.69, 9.17) is 15.3 Å². The molecule has 9 heavy (non-hydrogen) atoms. The molecule has 3 N–H and O–H groups in total. The molecule has 0 aliphatic carbocycles. The molecule has 0 heterocycles. The molecule has 0 amide bonds. The van der Waals surface area contributed by atoms with E-state index in [1.807, 2.05) is 0 Å². The number of ether oxygens (including phenoxy) is 1. The molecule has 52 valence electrons. The highest BCUT2D eigenvalue weighted by atomic mass is 16.7. The number of carboxylic acid groups (broad SMARTS) is 1. The first-order valence-corrected chi connectivity index (χ1v) is 2.05. The smallest absolute Gasteiger partial charge is 0.508 e. The molecule has 0 radical (unpaired) electrons. The predicted octanol–water partition coefficient (Wildman–Crippen LogP) is 0.0711. The molecule has 0 saturated heterocycles. The van der Waals surface area contributed by atoms with Crippen molar-refractivity contribution in [1.29, 1.82) is 0 Å². The molecule has 0 aromatic heterocycles. The van der Waals surface area contributed by atoms with Gasteiger partial charge in [-0.3, -0.25) is 0 Å². The van der Waals surface area contributed by atoms with Gasteiger partial charge in [0.1, 0.15) is 0 Å². The van der Waals surface area contributed by atoms with Gasteiger partial charge >= 0.3 is 6.16 Å². The zero-order valence-electron chi connectivity index (χ0n) is 4.39. The SMILES string of the molecule is O=C(O)OC(O)C=CO. The summed E-state index contributed by atoms with van der Waals surface area (Å²) in [6.07, 6.45) is -1.92. The Morgan fingerprint density at radius 2 is 2.22 bits per heavy atom. The van der Waals surface area contributed by atoms with Crippen molar-refractivity contribution in [2.24, 2.45) is 0 Å². The van der Waals surface area contributed by atoms with E-state index in [9.17, 15) is 4.79 Å². The van der Waals surface area contributed by atoms with E-state index in [1.54, 1.807) is 0 Å². The fourth-order valence-corrected chi connectivity index (χ4v) is 0.216. The maximum absolute atomic E-state index is 9.59. The van der Waals surface area contributed by atoms with E-state index >= 15 is 0 Å². The lowest BCUT2D eigenvalue weighted by Gasteiger charge is -2.00. The summed E-state index contributed by atoms with van der Waals surface area (Å²) >= 11 is 0. The maximum Gasteiger partial charge on any atom is 0.508 e. The molecule has 0 spiro atoms. The highest BCUT2D eigenvalue weighted by Gasteiger charge is 2.02. The van der Waals surface area contributed by atoms with Crippen LogP contribution in [-0.4, -0.2) is 27.8 Å². The Hall–Kier alpha value is -1.23. The third kappa shape index (κ3) is 4.63. The molecule has 0 aliphatic rings. The molecule has 0 aromatic carbocycles. The van der Waals surface area contributed by atoms with Crippen molar-refractivity contribution < 1.29 is 24.9 Å². The van der Waals surface area contributed by atoms with Gasteiger partial charge < -0.3 is 20.1 Å². The van der Waals surface area contributed by atoms with Crippen molar-refractivity contribution in [3.8, 4) is 0 Å². The van der Waals surface area contributed by atoms with Gasteiger partial charge in [0.15, 0.2) is 0 Å². The van der Waals surface area contributed by atoms with Crippen molar-refractivity contribution in [3.63, 3.8) is 0 Å². The Morgan fingerprint density at radius 3 is 2.56 bits per heavy atom. The molecular formula is C4H6O5. The van der Waals surface area contributed by atoms with Crippen LogP contribution in [0.15, 0.2) is 12.3 Å². The van der Waals surface area contributed by atoms with Crippen LogP contribution in [0.25, 0.3) is 0 Å². The van der Waals surface area contributed by atoms with Gasteiger partial charge in [-0.1, -0.05) is 0 Å². The Kier molecular flexibility index (Phi) is 3.22. The maximum atomic E-state index is 9.59.